The minimum atomic E-state index is -1.42. The van der Waals surface area contributed by atoms with Gasteiger partial charge in [-0.3, -0.25) is 9.48 Å². The molecular formula is C27H32ClN3O4. The molecule has 1 heterocycles. The number of carboxylic acids is 1. The molecule has 0 atom stereocenters. The number of carbonyl (C=O) groups is 2. The van der Waals surface area contributed by atoms with Gasteiger partial charge >= 0.3 is 5.97 Å². The Labute approximate surface area is 211 Å². The summed E-state index contributed by atoms with van der Waals surface area (Å²) in [5.41, 5.74) is 3.51. The number of aliphatic carboxylic acids is 1. The first-order valence-electron chi connectivity index (χ1n) is 11.6. The lowest BCUT2D eigenvalue weighted by atomic mass is 10.0. The van der Waals surface area contributed by atoms with Gasteiger partial charge in [0, 0.05) is 13.6 Å². The van der Waals surface area contributed by atoms with Gasteiger partial charge in [0.15, 0.2) is 11.3 Å². The number of carbonyl (C=O) groups excluding carboxylic acids is 1. The number of ether oxygens (including phenoxy) is 1. The van der Waals surface area contributed by atoms with E-state index in [1.807, 2.05) is 13.1 Å². The number of amides is 1. The van der Waals surface area contributed by atoms with E-state index in [1.165, 1.54) is 19.4 Å². The van der Waals surface area contributed by atoms with Crippen molar-refractivity contribution < 1.29 is 19.4 Å². The molecule has 0 aliphatic carbocycles. The van der Waals surface area contributed by atoms with Crippen LogP contribution in [-0.4, -0.2) is 32.4 Å². The number of aryl methyl sites for hydroxylation is 3. The Hall–Kier alpha value is -3.32. The normalized spacial score (nSPS) is 11.4. The van der Waals surface area contributed by atoms with Crippen LogP contribution in [0, 0.1) is 6.92 Å². The average molecular weight is 498 g/mol. The van der Waals surface area contributed by atoms with E-state index in [2.05, 4.69) is 41.6 Å². The summed E-state index contributed by atoms with van der Waals surface area (Å²) in [7, 11) is 1.82. The quantitative estimate of drug-likeness (QED) is 0.382. The zero-order chi connectivity index (χ0) is 25.8. The molecule has 2 N–H and O–H groups in total. The van der Waals surface area contributed by atoms with Gasteiger partial charge in [0.1, 0.15) is 5.75 Å². The summed E-state index contributed by atoms with van der Waals surface area (Å²) in [6, 6.07) is 13.6. The molecule has 0 spiro atoms. The molecule has 8 heteroatoms. The van der Waals surface area contributed by atoms with E-state index in [-0.39, 0.29) is 17.5 Å². The first-order valence-corrected chi connectivity index (χ1v) is 12.0. The Kier molecular flexibility index (Phi) is 8.22. The van der Waals surface area contributed by atoms with E-state index in [0.29, 0.717) is 17.0 Å². The van der Waals surface area contributed by atoms with E-state index >= 15 is 0 Å². The van der Waals surface area contributed by atoms with Crippen LogP contribution in [0.2, 0.25) is 5.02 Å². The minimum Gasteiger partial charge on any atom is -0.478 e. The van der Waals surface area contributed by atoms with Crippen LogP contribution in [-0.2, 0) is 24.8 Å². The molecule has 0 fully saturated rings. The van der Waals surface area contributed by atoms with Crippen LogP contribution in [0.3, 0.4) is 0 Å². The monoisotopic (exact) mass is 497 g/mol. The zero-order valence-corrected chi connectivity index (χ0v) is 21.6. The Morgan fingerprint density at radius 2 is 1.83 bits per heavy atom. The highest BCUT2D eigenvalue weighted by molar-refractivity contribution is 6.32. The molecule has 0 aliphatic heterocycles. The first-order chi connectivity index (χ1) is 16.5. The molecule has 1 amide bonds. The van der Waals surface area contributed by atoms with Crippen molar-refractivity contribution in [2.75, 3.05) is 0 Å². The molecular weight excluding hydrogens is 466 g/mol. The summed E-state index contributed by atoms with van der Waals surface area (Å²) in [4.78, 5) is 24.1. The van der Waals surface area contributed by atoms with Crippen LogP contribution in [0.15, 0.2) is 42.5 Å². The number of nitrogens with zero attached hydrogens (tertiary/aromatic N) is 2. The fraction of sp³-hybridized carbons (Fsp3) is 0.370. The number of hydrogen-bond donors (Lipinski definition) is 2. The highest BCUT2D eigenvalue weighted by Crippen LogP contribution is 2.33. The van der Waals surface area contributed by atoms with Crippen molar-refractivity contribution in [2.24, 2.45) is 7.05 Å². The second-order valence-electron chi connectivity index (χ2n) is 9.16. The molecule has 0 saturated heterocycles. The maximum atomic E-state index is 12.8. The van der Waals surface area contributed by atoms with E-state index in [1.54, 1.807) is 23.7 Å². The standard InChI is InChI=1S/C27H32ClN3O4/c1-6-7-8-18-9-11-20(12-10-18)23-15-22(30-31(23)5)25(32)29-16-19-13-17(2)24(21(28)14-19)35-27(3,4)26(33)34/h9-15H,6-8,16H2,1-5H3,(H,29,32)(H,33,34). The van der Waals surface area contributed by atoms with Crippen molar-refractivity contribution >= 4 is 23.5 Å². The van der Waals surface area contributed by atoms with Gasteiger partial charge in [0.25, 0.3) is 5.91 Å². The van der Waals surface area contributed by atoms with Crippen LogP contribution in [0.25, 0.3) is 11.3 Å². The van der Waals surface area contributed by atoms with Gasteiger partial charge in [-0.15, -0.1) is 0 Å². The lowest BCUT2D eigenvalue weighted by Crippen LogP contribution is -2.38. The smallest absolute Gasteiger partial charge is 0.347 e. The Bertz CT molecular complexity index is 1190. The third-order valence-electron chi connectivity index (χ3n) is 5.80. The molecule has 0 aliphatic rings. The number of aromatic nitrogens is 2. The molecule has 2 aromatic carbocycles. The topological polar surface area (TPSA) is 93.4 Å². The summed E-state index contributed by atoms with van der Waals surface area (Å²) in [6.45, 7) is 7.12. The Morgan fingerprint density at radius 3 is 2.43 bits per heavy atom. The second kappa shape index (κ2) is 11.0. The van der Waals surface area contributed by atoms with Crippen molar-refractivity contribution in [3.8, 4) is 17.0 Å². The number of benzene rings is 2. The summed E-state index contributed by atoms with van der Waals surface area (Å²) in [6.07, 6.45) is 3.38. The van der Waals surface area contributed by atoms with E-state index < -0.39 is 11.6 Å². The van der Waals surface area contributed by atoms with Gasteiger partial charge in [-0.1, -0.05) is 55.3 Å². The number of halogens is 1. The molecule has 1 aromatic heterocycles. The van der Waals surface area contributed by atoms with Crippen LogP contribution in [0.4, 0.5) is 0 Å². The molecule has 186 valence electrons. The van der Waals surface area contributed by atoms with Gasteiger partial charge in [-0.05, 0) is 68.0 Å². The molecule has 35 heavy (non-hydrogen) atoms. The average Bonchev–Trinajstić information content (AvgIpc) is 3.20. The maximum Gasteiger partial charge on any atom is 0.347 e. The summed E-state index contributed by atoms with van der Waals surface area (Å²) in [5, 5.41) is 16.8. The minimum absolute atomic E-state index is 0.236. The van der Waals surface area contributed by atoms with E-state index in [0.717, 1.165) is 36.1 Å². The lowest BCUT2D eigenvalue weighted by Gasteiger charge is -2.24. The fourth-order valence-electron chi connectivity index (χ4n) is 3.68. The highest BCUT2D eigenvalue weighted by Gasteiger charge is 2.31. The Balaban J connectivity index is 1.68. The van der Waals surface area contributed by atoms with Crippen LogP contribution >= 0.6 is 11.6 Å². The van der Waals surface area contributed by atoms with Crippen LogP contribution in [0.5, 0.6) is 5.75 Å². The molecule has 0 bridgehead atoms. The van der Waals surface area contributed by atoms with Crippen LogP contribution in [0.1, 0.15) is 60.8 Å². The molecule has 0 radical (unpaired) electrons. The number of nitrogens with one attached hydrogen (secondary N) is 1. The largest absolute Gasteiger partial charge is 0.478 e. The van der Waals surface area contributed by atoms with Gasteiger partial charge < -0.3 is 15.2 Å². The number of hydrogen-bond acceptors (Lipinski definition) is 4. The molecule has 0 unspecified atom stereocenters. The summed E-state index contributed by atoms with van der Waals surface area (Å²) < 4.78 is 7.33. The van der Waals surface area contributed by atoms with Gasteiger partial charge in [-0.25, -0.2) is 4.79 Å². The van der Waals surface area contributed by atoms with Crippen molar-refractivity contribution in [1.82, 2.24) is 15.1 Å². The predicted octanol–water partition coefficient (Wildman–Crippen LogP) is 5.56. The lowest BCUT2D eigenvalue weighted by molar-refractivity contribution is -0.152. The maximum absolute atomic E-state index is 12.8. The fourth-order valence-corrected chi connectivity index (χ4v) is 4.00. The SMILES string of the molecule is CCCCc1ccc(-c2cc(C(=O)NCc3cc(C)c(OC(C)(C)C(=O)O)c(Cl)c3)nn2C)cc1. The third kappa shape index (κ3) is 6.42. The van der Waals surface area contributed by atoms with E-state index in [9.17, 15) is 14.7 Å². The molecule has 3 rings (SSSR count). The zero-order valence-electron chi connectivity index (χ0n) is 20.8. The van der Waals surface area contributed by atoms with Crippen molar-refractivity contribution in [1.29, 1.82) is 0 Å². The first kappa shape index (κ1) is 26.3. The molecule has 0 saturated carbocycles. The van der Waals surface area contributed by atoms with Gasteiger partial charge in [0.2, 0.25) is 0 Å². The van der Waals surface area contributed by atoms with Crippen molar-refractivity contribution in [2.45, 2.75) is 59.1 Å². The summed E-state index contributed by atoms with van der Waals surface area (Å²) in [5.74, 6) is -1.08. The number of unbranched alkanes of at least 4 members (excludes halogenated alkanes) is 1. The molecule has 7 nitrogen and oxygen atoms in total. The second-order valence-corrected chi connectivity index (χ2v) is 9.57. The molecule has 3 aromatic rings. The summed E-state index contributed by atoms with van der Waals surface area (Å²) >= 11 is 6.36. The third-order valence-corrected chi connectivity index (χ3v) is 6.08. The van der Waals surface area contributed by atoms with Gasteiger partial charge in [0.05, 0.1) is 10.7 Å². The van der Waals surface area contributed by atoms with E-state index in [4.69, 9.17) is 16.3 Å². The number of rotatable bonds is 10. The predicted molar refractivity (Wildman–Crippen MR) is 137 cm³/mol. The van der Waals surface area contributed by atoms with Gasteiger partial charge in [-0.2, -0.15) is 5.10 Å². The number of carboxylic acid groups (broad SMARTS) is 1. The highest BCUT2D eigenvalue weighted by atomic mass is 35.5. The Morgan fingerprint density at radius 1 is 1.14 bits per heavy atom. The van der Waals surface area contributed by atoms with Crippen molar-refractivity contribution in [3.05, 3.63) is 69.9 Å². The van der Waals surface area contributed by atoms with Crippen molar-refractivity contribution in [3.63, 3.8) is 0 Å². The van der Waals surface area contributed by atoms with Crippen LogP contribution < -0.4 is 10.1 Å².